The summed E-state index contributed by atoms with van der Waals surface area (Å²) in [6.45, 7) is 0. The van der Waals surface area contributed by atoms with Crippen LogP contribution in [0.15, 0.2) is 48.5 Å². The fraction of sp³-hybridized carbons (Fsp3) is 0.133. The molecule has 1 atom stereocenters. The number of para-hydroxylation sites is 1. The Morgan fingerprint density at radius 1 is 1.15 bits per heavy atom. The number of hydrogen-bond acceptors (Lipinski definition) is 3. The summed E-state index contributed by atoms with van der Waals surface area (Å²) in [4.78, 5) is 13.6. The van der Waals surface area contributed by atoms with Gasteiger partial charge in [0, 0.05) is 5.69 Å². The summed E-state index contributed by atoms with van der Waals surface area (Å²) in [5, 5.41) is -0.208. The molecule has 2 N–H and O–H groups in total. The van der Waals surface area contributed by atoms with Crippen molar-refractivity contribution in [3.8, 4) is 0 Å². The molecule has 102 valence electrons. The normalized spacial score (nSPS) is 18.6. The Labute approximate surface area is 120 Å². The van der Waals surface area contributed by atoms with Gasteiger partial charge >= 0.3 is 0 Å². The van der Waals surface area contributed by atoms with E-state index >= 15 is 0 Å². The van der Waals surface area contributed by atoms with Gasteiger partial charge in [-0.1, -0.05) is 24.3 Å². The molecule has 1 aliphatic rings. The number of anilines is 2. The zero-order valence-corrected chi connectivity index (χ0v) is 11.4. The lowest BCUT2D eigenvalue weighted by atomic mass is 10.1. The summed E-state index contributed by atoms with van der Waals surface area (Å²) in [7, 11) is 0. The lowest BCUT2D eigenvalue weighted by Crippen LogP contribution is -2.28. The van der Waals surface area contributed by atoms with Crippen molar-refractivity contribution in [2.75, 3.05) is 16.4 Å². The number of hydrogen-bond donors (Lipinski definition) is 1. The molecule has 1 amide bonds. The third kappa shape index (κ3) is 2.25. The van der Waals surface area contributed by atoms with Crippen molar-refractivity contribution in [2.45, 2.75) is 5.37 Å². The van der Waals surface area contributed by atoms with Gasteiger partial charge in [0.2, 0.25) is 5.91 Å². The molecule has 3 nitrogen and oxygen atoms in total. The number of halogens is 1. The summed E-state index contributed by atoms with van der Waals surface area (Å²) < 4.78 is 13.9. The smallest absolute Gasteiger partial charge is 0.238 e. The molecule has 0 saturated carbocycles. The van der Waals surface area contributed by atoms with Gasteiger partial charge < -0.3 is 5.73 Å². The highest BCUT2D eigenvalue weighted by molar-refractivity contribution is 8.00. The molecule has 3 rings (SSSR count). The highest BCUT2D eigenvalue weighted by Crippen LogP contribution is 2.42. The lowest BCUT2D eigenvalue weighted by Gasteiger charge is -2.24. The first-order valence-electron chi connectivity index (χ1n) is 6.20. The SMILES string of the molecule is Nc1ccc([C@H]2SCC(=O)N2c2ccccc2F)cc1. The number of thioether (sulfide) groups is 1. The number of rotatable bonds is 2. The second kappa shape index (κ2) is 5.17. The number of nitrogens with two attached hydrogens (primary N) is 1. The average molecular weight is 288 g/mol. The van der Waals surface area contributed by atoms with Crippen LogP contribution >= 0.6 is 11.8 Å². The minimum atomic E-state index is -0.385. The first kappa shape index (κ1) is 13.0. The summed E-state index contributed by atoms with van der Waals surface area (Å²) in [5.74, 6) is -0.116. The number of nitrogens with zero attached hydrogens (tertiary/aromatic N) is 1. The molecule has 1 heterocycles. The van der Waals surface area contributed by atoms with Crippen molar-refractivity contribution in [1.82, 2.24) is 0 Å². The van der Waals surface area contributed by atoms with E-state index in [1.165, 1.54) is 22.7 Å². The first-order chi connectivity index (χ1) is 9.66. The van der Waals surface area contributed by atoms with Crippen molar-refractivity contribution >= 4 is 29.0 Å². The van der Waals surface area contributed by atoms with Crippen LogP contribution in [-0.2, 0) is 4.79 Å². The highest BCUT2D eigenvalue weighted by atomic mass is 32.2. The molecule has 0 radical (unpaired) electrons. The zero-order chi connectivity index (χ0) is 14.1. The predicted octanol–water partition coefficient (Wildman–Crippen LogP) is 3.19. The quantitative estimate of drug-likeness (QED) is 0.863. The second-order valence-electron chi connectivity index (χ2n) is 4.55. The van der Waals surface area contributed by atoms with Gasteiger partial charge in [-0.05, 0) is 29.8 Å². The van der Waals surface area contributed by atoms with Gasteiger partial charge in [-0.25, -0.2) is 4.39 Å². The van der Waals surface area contributed by atoms with Gasteiger partial charge in [-0.3, -0.25) is 9.69 Å². The molecule has 0 aromatic heterocycles. The molecule has 20 heavy (non-hydrogen) atoms. The monoisotopic (exact) mass is 288 g/mol. The number of carbonyl (C=O) groups is 1. The molecule has 1 aliphatic heterocycles. The number of nitrogen functional groups attached to an aromatic ring is 1. The van der Waals surface area contributed by atoms with E-state index in [4.69, 9.17) is 5.73 Å². The van der Waals surface area contributed by atoms with Gasteiger partial charge in [0.05, 0.1) is 11.4 Å². The number of benzene rings is 2. The Hall–Kier alpha value is -2.01. The minimum absolute atomic E-state index is 0.0816. The van der Waals surface area contributed by atoms with Gasteiger partial charge in [0.1, 0.15) is 11.2 Å². The van der Waals surface area contributed by atoms with Crippen molar-refractivity contribution in [3.05, 3.63) is 59.9 Å². The Bertz CT molecular complexity index is 645. The number of carbonyl (C=O) groups excluding carboxylic acids is 1. The molecule has 1 saturated heterocycles. The van der Waals surface area contributed by atoms with E-state index in [2.05, 4.69) is 0 Å². The van der Waals surface area contributed by atoms with Gasteiger partial charge in [0.15, 0.2) is 0 Å². The molecular formula is C15H13FN2OS. The van der Waals surface area contributed by atoms with Crippen LogP contribution in [0.3, 0.4) is 0 Å². The maximum absolute atomic E-state index is 13.9. The van der Waals surface area contributed by atoms with Gasteiger partial charge in [-0.2, -0.15) is 0 Å². The summed E-state index contributed by atoms with van der Waals surface area (Å²) in [5.41, 5.74) is 7.61. The standard InChI is InChI=1S/C15H13FN2OS/c16-12-3-1-2-4-13(12)18-14(19)9-20-15(18)10-5-7-11(17)8-6-10/h1-8,15H,9,17H2/t15-/m1/s1. The Kier molecular flexibility index (Phi) is 3.36. The van der Waals surface area contributed by atoms with Crippen molar-refractivity contribution in [3.63, 3.8) is 0 Å². The van der Waals surface area contributed by atoms with E-state index < -0.39 is 0 Å². The molecule has 2 aromatic carbocycles. The van der Waals surface area contributed by atoms with Crippen LogP contribution in [0, 0.1) is 5.82 Å². The summed E-state index contributed by atoms with van der Waals surface area (Å²) in [6.07, 6.45) is 0. The van der Waals surface area contributed by atoms with Crippen LogP contribution < -0.4 is 10.6 Å². The number of amides is 1. The fourth-order valence-electron chi connectivity index (χ4n) is 2.24. The first-order valence-corrected chi connectivity index (χ1v) is 7.25. The van der Waals surface area contributed by atoms with E-state index in [-0.39, 0.29) is 17.1 Å². The third-order valence-corrected chi connectivity index (χ3v) is 4.41. The maximum atomic E-state index is 13.9. The van der Waals surface area contributed by atoms with Crippen LogP contribution in [0.5, 0.6) is 0 Å². The highest BCUT2D eigenvalue weighted by Gasteiger charge is 2.35. The molecule has 1 fully saturated rings. The average Bonchev–Trinajstić information content (AvgIpc) is 2.82. The van der Waals surface area contributed by atoms with Crippen LogP contribution in [-0.4, -0.2) is 11.7 Å². The summed E-state index contributed by atoms with van der Waals surface area (Å²) >= 11 is 1.49. The zero-order valence-electron chi connectivity index (χ0n) is 10.6. The maximum Gasteiger partial charge on any atom is 0.238 e. The Morgan fingerprint density at radius 2 is 1.85 bits per heavy atom. The van der Waals surface area contributed by atoms with Crippen molar-refractivity contribution < 1.29 is 9.18 Å². The molecule has 0 aliphatic carbocycles. The van der Waals surface area contributed by atoms with Crippen LogP contribution in [0.25, 0.3) is 0 Å². The molecule has 5 heteroatoms. The second-order valence-corrected chi connectivity index (χ2v) is 5.61. The fourth-order valence-corrected chi connectivity index (χ4v) is 3.41. The molecular weight excluding hydrogens is 275 g/mol. The van der Waals surface area contributed by atoms with Crippen molar-refractivity contribution in [1.29, 1.82) is 0 Å². The van der Waals surface area contributed by atoms with Crippen LogP contribution in [0.1, 0.15) is 10.9 Å². The van der Waals surface area contributed by atoms with E-state index in [0.717, 1.165) is 5.56 Å². The summed E-state index contributed by atoms with van der Waals surface area (Å²) in [6, 6.07) is 13.7. The van der Waals surface area contributed by atoms with E-state index in [1.807, 2.05) is 12.1 Å². The third-order valence-electron chi connectivity index (χ3n) is 3.20. The molecule has 0 unspecified atom stereocenters. The minimum Gasteiger partial charge on any atom is -0.399 e. The molecule has 0 bridgehead atoms. The Balaban J connectivity index is 2.01. The van der Waals surface area contributed by atoms with Gasteiger partial charge in [-0.15, -0.1) is 11.8 Å². The predicted molar refractivity (Wildman–Crippen MR) is 79.9 cm³/mol. The molecule has 0 spiro atoms. The largest absolute Gasteiger partial charge is 0.399 e. The van der Waals surface area contributed by atoms with E-state index in [9.17, 15) is 9.18 Å². The van der Waals surface area contributed by atoms with Crippen molar-refractivity contribution in [2.24, 2.45) is 0 Å². The van der Waals surface area contributed by atoms with Crippen LogP contribution in [0.4, 0.5) is 15.8 Å². The Morgan fingerprint density at radius 3 is 2.55 bits per heavy atom. The molecule has 2 aromatic rings. The lowest BCUT2D eigenvalue weighted by molar-refractivity contribution is -0.115. The van der Waals surface area contributed by atoms with E-state index in [0.29, 0.717) is 17.1 Å². The van der Waals surface area contributed by atoms with E-state index in [1.54, 1.807) is 30.3 Å². The van der Waals surface area contributed by atoms with Crippen LogP contribution in [0.2, 0.25) is 0 Å². The topological polar surface area (TPSA) is 46.3 Å². The van der Waals surface area contributed by atoms with Gasteiger partial charge in [0.25, 0.3) is 0 Å².